The maximum Gasteiger partial charge on any atom is 0.405 e. The van der Waals surface area contributed by atoms with Crippen LogP contribution in [0.1, 0.15) is 34.6 Å². The number of fused-ring (bicyclic) bond motifs is 1. The highest BCUT2D eigenvalue weighted by molar-refractivity contribution is 6.11. The van der Waals surface area contributed by atoms with E-state index in [0.717, 1.165) is 0 Å². The average Bonchev–Trinajstić information content (AvgIpc) is 3.32. The van der Waals surface area contributed by atoms with Crippen molar-refractivity contribution in [3.8, 4) is 34.3 Å². The maximum absolute atomic E-state index is 13.6. The maximum atomic E-state index is 13.6. The first-order valence-corrected chi connectivity index (χ1v) is 12.4. The van der Waals surface area contributed by atoms with Gasteiger partial charge in [0.1, 0.15) is 35.2 Å². The Hall–Kier alpha value is -5.12. The number of carbonyl (C=O) groups excluding carboxylic acids is 2. The number of carbonyl (C=O) groups is 2. The second-order valence-corrected chi connectivity index (χ2v) is 9.70. The molecule has 4 aromatic rings. The molecule has 2 aromatic heterocycles. The van der Waals surface area contributed by atoms with Crippen molar-refractivity contribution in [1.29, 1.82) is 5.26 Å². The second kappa shape index (κ2) is 11.4. The minimum Gasteiger partial charge on any atom is -0.496 e. The molecule has 218 valence electrons. The number of benzene rings is 2. The summed E-state index contributed by atoms with van der Waals surface area (Å²) < 4.78 is 64.4. The number of halogens is 4. The number of furan rings is 1. The molecule has 0 bridgehead atoms. The summed E-state index contributed by atoms with van der Waals surface area (Å²) in [6, 6.07) is 12.8. The van der Waals surface area contributed by atoms with Crippen molar-refractivity contribution in [2.24, 2.45) is 0 Å². The molecule has 0 atom stereocenters. The number of hydrogen-bond acceptors (Lipinski definition) is 7. The summed E-state index contributed by atoms with van der Waals surface area (Å²) in [6.07, 6.45) is -4.60. The number of alkyl halides is 3. The number of amides is 2. The lowest BCUT2D eigenvalue weighted by Crippen LogP contribution is -2.42. The van der Waals surface area contributed by atoms with Gasteiger partial charge in [0.05, 0.1) is 29.7 Å². The molecule has 0 spiro atoms. The first-order chi connectivity index (χ1) is 19.8. The van der Waals surface area contributed by atoms with Gasteiger partial charge in [-0.2, -0.15) is 23.4 Å². The summed E-state index contributed by atoms with van der Waals surface area (Å²) in [5.41, 5.74) is -0.648. The highest BCUT2D eigenvalue weighted by Crippen LogP contribution is 2.39. The van der Waals surface area contributed by atoms with E-state index in [1.165, 1.54) is 76.5 Å². The van der Waals surface area contributed by atoms with Crippen LogP contribution in [-0.2, 0) is 0 Å². The van der Waals surface area contributed by atoms with Crippen LogP contribution in [0.2, 0.25) is 0 Å². The monoisotopic (exact) mass is 583 g/mol. The molecular weight excluding hydrogens is 558 g/mol. The molecule has 0 radical (unpaired) electrons. The molecule has 2 aromatic carbocycles. The van der Waals surface area contributed by atoms with Crippen molar-refractivity contribution in [2.45, 2.75) is 25.6 Å². The minimum atomic E-state index is -4.60. The van der Waals surface area contributed by atoms with Crippen LogP contribution in [0.4, 0.5) is 23.4 Å². The lowest BCUT2D eigenvalue weighted by Gasteiger charge is -2.19. The third-order valence-electron chi connectivity index (χ3n) is 6.16. The van der Waals surface area contributed by atoms with Gasteiger partial charge in [-0.25, -0.2) is 4.39 Å². The van der Waals surface area contributed by atoms with Crippen LogP contribution in [0, 0.1) is 17.1 Å². The van der Waals surface area contributed by atoms with Gasteiger partial charge in [0.2, 0.25) is 5.71 Å². The van der Waals surface area contributed by atoms with Gasteiger partial charge in [-0.15, -0.1) is 0 Å². The van der Waals surface area contributed by atoms with Crippen molar-refractivity contribution in [1.82, 2.24) is 15.6 Å². The number of pyridine rings is 1. The Balaban J connectivity index is 1.97. The number of nitrogens with one attached hydrogen (secondary N) is 3. The van der Waals surface area contributed by atoms with Crippen molar-refractivity contribution in [3.05, 3.63) is 65.5 Å². The number of methoxy groups -OCH3 is 1. The molecule has 2 amide bonds. The van der Waals surface area contributed by atoms with Gasteiger partial charge in [-0.05, 0) is 61.9 Å². The van der Waals surface area contributed by atoms with Gasteiger partial charge >= 0.3 is 6.18 Å². The summed E-state index contributed by atoms with van der Waals surface area (Å²) in [4.78, 5) is 30.4. The van der Waals surface area contributed by atoms with Gasteiger partial charge in [0, 0.05) is 18.2 Å². The fraction of sp³-hybridized carbons (Fsp3) is 0.241. The Morgan fingerprint density at radius 2 is 1.71 bits per heavy atom. The molecule has 0 unspecified atom stereocenters. The standard InChI is InChI=1S/C29H25F4N5O4/c1-28(2,13-34)38-25(39)19-11-16(7-10-21(19)41-4)18-12-20-22(26(40)35-3)23(15-5-8-17(30)9-6-15)42-27(20)37-24(18)36-14-29(31,32)33/h5-12H,14H2,1-4H3,(H,35,40)(H,36,37)(H,38,39). The lowest BCUT2D eigenvalue weighted by molar-refractivity contribution is -0.115. The quantitative estimate of drug-likeness (QED) is 0.228. The number of aromatic nitrogens is 1. The number of nitrogens with zero attached hydrogens (tertiary/aromatic N) is 2. The van der Waals surface area contributed by atoms with Crippen LogP contribution in [0.15, 0.2) is 52.9 Å². The van der Waals surface area contributed by atoms with E-state index in [9.17, 15) is 32.4 Å². The van der Waals surface area contributed by atoms with Crippen LogP contribution >= 0.6 is 0 Å². The fourth-order valence-electron chi connectivity index (χ4n) is 4.15. The fourth-order valence-corrected chi connectivity index (χ4v) is 4.15. The zero-order valence-electron chi connectivity index (χ0n) is 22.9. The largest absolute Gasteiger partial charge is 0.496 e. The first-order valence-electron chi connectivity index (χ1n) is 12.4. The lowest BCUT2D eigenvalue weighted by atomic mass is 9.98. The van der Waals surface area contributed by atoms with E-state index in [1.807, 2.05) is 6.07 Å². The molecule has 9 nitrogen and oxygen atoms in total. The predicted molar refractivity (Wildman–Crippen MR) is 146 cm³/mol. The number of anilines is 1. The first kappa shape index (κ1) is 29.9. The third-order valence-corrected chi connectivity index (χ3v) is 6.16. The Labute approximate surface area is 237 Å². The van der Waals surface area contributed by atoms with Gasteiger partial charge in [0.25, 0.3) is 11.8 Å². The van der Waals surface area contributed by atoms with Crippen LogP contribution in [0.25, 0.3) is 33.6 Å². The summed E-state index contributed by atoms with van der Waals surface area (Å²) in [5, 5.41) is 16.8. The minimum absolute atomic E-state index is 0.00547. The molecule has 4 rings (SSSR count). The highest BCUT2D eigenvalue weighted by Gasteiger charge is 2.30. The molecule has 0 saturated carbocycles. The van der Waals surface area contributed by atoms with E-state index in [1.54, 1.807) is 0 Å². The number of ether oxygens (including phenoxy) is 1. The van der Waals surface area contributed by atoms with Crippen LogP contribution in [0.5, 0.6) is 5.75 Å². The molecule has 0 aliphatic carbocycles. The van der Waals surface area contributed by atoms with Gasteiger partial charge in [-0.1, -0.05) is 6.07 Å². The van der Waals surface area contributed by atoms with Crippen molar-refractivity contribution >= 4 is 28.7 Å². The van der Waals surface area contributed by atoms with Crippen LogP contribution in [0.3, 0.4) is 0 Å². The SMILES string of the molecule is CNC(=O)c1c(-c2ccc(F)cc2)oc2nc(NCC(F)(F)F)c(-c3ccc(OC)c(C(=O)NC(C)(C)C#N)c3)cc12. The zero-order valence-corrected chi connectivity index (χ0v) is 22.9. The number of nitriles is 1. The average molecular weight is 584 g/mol. The number of rotatable bonds is 8. The normalized spacial score (nSPS) is 11.6. The summed E-state index contributed by atoms with van der Waals surface area (Å²) in [5.74, 6) is -1.82. The molecule has 0 fully saturated rings. The van der Waals surface area contributed by atoms with E-state index in [2.05, 4.69) is 20.9 Å². The van der Waals surface area contributed by atoms with Crippen molar-refractivity contribution in [3.63, 3.8) is 0 Å². The Kier molecular flexibility index (Phi) is 8.10. The Morgan fingerprint density at radius 1 is 1.05 bits per heavy atom. The Morgan fingerprint density at radius 3 is 2.31 bits per heavy atom. The number of hydrogen-bond donors (Lipinski definition) is 3. The summed E-state index contributed by atoms with van der Waals surface area (Å²) in [7, 11) is 2.73. The summed E-state index contributed by atoms with van der Waals surface area (Å²) in [6.45, 7) is 1.55. The molecule has 13 heteroatoms. The predicted octanol–water partition coefficient (Wildman–Crippen LogP) is 5.68. The second-order valence-electron chi connectivity index (χ2n) is 9.70. The van der Waals surface area contributed by atoms with E-state index in [-0.39, 0.29) is 50.7 Å². The molecule has 42 heavy (non-hydrogen) atoms. The van der Waals surface area contributed by atoms with Crippen LogP contribution in [-0.4, -0.2) is 49.2 Å². The van der Waals surface area contributed by atoms with E-state index in [4.69, 9.17) is 9.15 Å². The van der Waals surface area contributed by atoms with Gasteiger partial charge in [-0.3, -0.25) is 9.59 Å². The molecule has 0 aliphatic rings. The van der Waals surface area contributed by atoms with Crippen molar-refractivity contribution in [2.75, 3.05) is 26.0 Å². The Bertz CT molecular complexity index is 1710. The van der Waals surface area contributed by atoms with E-state index >= 15 is 0 Å². The topological polar surface area (TPSA) is 129 Å². The molecule has 0 saturated heterocycles. The summed E-state index contributed by atoms with van der Waals surface area (Å²) >= 11 is 0. The molecular formula is C29H25F4N5O4. The van der Waals surface area contributed by atoms with Crippen LogP contribution < -0.4 is 20.7 Å². The highest BCUT2D eigenvalue weighted by atomic mass is 19.4. The molecule has 2 heterocycles. The van der Waals surface area contributed by atoms with Gasteiger partial charge in [0.15, 0.2) is 0 Å². The molecule has 3 N–H and O–H groups in total. The van der Waals surface area contributed by atoms with Crippen molar-refractivity contribution < 1.29 is 36.3 Å². The van der Waals surface area contributed by atoms with Gasteiger partial charge < -0.3 is 25.1 Å². The third kappa shape index (κ3) is 6.27. The van der Waals surface area contributed by atoms with E-state index < -0.39 is 35.9 Å². The zero-order chi connectivity index (χ0) is 30.8. The smallest absolute Gasteiger partial charge is 0.405 e. The molecule has 0 aliphatic heterocycles. The van der Waals surface area contributed by atoms with E-state index in [0.29, 0.717) is 5.56 Å².